The fourth-order valence-corrected chi connectivity index (χ4v) is 0.714. The second-order valence-corrected chi connectivity index (χ2v) is 2.48. The van der Waals surface area contributed by atoms with E-state index in [9.17, 15) is 14.4 Å². The molecule has 0 aliphatic rings. The van der Waals surface area contributed by atoms with Crippen molar-refractivity contribution in [3.63, 3.8) is 0 Å². The minimum atomic E-state index is -2.74. The van der Waals surface area contributed by atoms with Crippen LogP contribution >= 0.6 is 0 Å². The van der Waals surface area contributed by atoms with Gasteiger partial charge in [0.2, 0.25) is 0 Å². The van der Waals surface area contributed by atoms with Crippen LogP contribution < -0.4 is 0 Å². The van der Waals surface area contributed by atoms with Gasteiger partial charge >= 0.3 is 36.8 Å². The van der Waals surface area contributed by atoms with Gasteiger partial charge in [-0.2, -0.15) is 0 Å². The Morgan fingerprint density at radius 3 is 1.05 bits per heavy atom. The molecular weight excluding hydrogens is 271 g/mol. The van der Waals surface area contributed by atoms with Crippen LogP contribution in [0, 0.1) is 0 Å². The summed E-state index contributed by atoms with van der Waals surface area (Å²) in [6, 6.07) is 0. The Labute approximate surface area is 118 Å². The first-order chi connectivity index (χ1) is 5.78. The van der Waals surface area contributed by atoms with Crippen molar-refractivity contribution in [1.82, 2.24) is 0 Å². The molecule has 0 aromatic heterocycles. The maximum atomic E-state index is 10.3. The van der Waals surface area contributed by atoms with Gasteiger partial charge in [0.05, 0.1) is 12.8 Å². The summed E-state index contributed by atoms with van der Waals surface area (Å²) in [6.07, 6.45) is -2.29. The van der Waals surface area contributed by atoms with Gasteiger partial charge in [-0.15, -0.1) is 0 Å². The van der Waals surface area contributed by atoms with Gasteiger partial charge in [-0.1, -0.05) is 0 Å². The number of carboxylic acids is 3. The molecule has 19 heavy (non-hydrogen) atoms. The molecule has 0 saturated carbocycles. The summed E-state index contributed by atoms with van der Waals surface area (Å²) in [5.74, 6) is -5.02. The zero-order valence-corrected chi connectivity index (χ0v) is 8.93. The summed E-state index contributed by atoms with van der Waals surface area (Å²) >= 11 is 0. The van der Waals surface area contributed by atoms with Crippen molar-refractivity contribution >= 4 is 36.8 Å². The van der Waals surface area contributed by atoms with Crippen LogP contribution in [-0.4, -0.2) is 90.2 Å². The summed E-state index contributed by atoms with van der Waals surface area (Å²) in [4.78, 5) is 30.5. The van der Waals surface area contributed by atoms with E-state index < -0.39 is 36.4 Å². The van der Waals surface area contributed by atoms with Crippen molar-refractivity contribution in [3.8, 4) is 0 Å². The quantitative estimate of drug-likeness (QED) is 0.354. The molecule has 0 amide bonds. The molecular formula is C6H19LiO12. The number of hydrogen-bond donors (Lipinski definition) is 4. The molecule has 0 aliphatic heterocycles. The van der Waals surface area contributed by atoms with Crippen LogP contribution in [0.25, 0.3) is 0 Å². The Kier molecular flexibility index (Phi) is 38.0. The molecule has 12 nitrogen and oxygen atoms in total. The molecule has 13 heteroatoms. The first-order valence-corrected chi connectivity index (χ1v) is 3.17. The molecule has 0 bridgehead atoms. The number of carboxylic acid groups (broad SMARTS) is 3. The van der Waals surface area contributed by atoms with Crippen molar-refractivity contribution in [2.24, 2.45) is 0 Å². The molecule has 0 heterocycles. The molecule has 0 aromatic rings. The molecule has 0 saturated heterocycles. The fourth-order valence-electron chi connectivity index (χ4n) is 0.714. The number of rotatable bonds is 5. The zero-order chi connectivity index (χ0) is 10.6. The number of aliphatic hydroxyl groups is 1. The molecule has 116 valence electrons. The average molecular weight is 290 g/mol. The third-order valence-corrected chi connectivity index (χ3v) is 1.29. The third-order valence-electron chi connectivity index (χ3n) is 1.29. The molecule has 0 rings (SSSR count). The third kappa shape index (κ3) is 16.8. The Morgan fingerprint density at radius 2 is 0.947 bits per heavy atom. The molecule has 0 spiro atoms. The zero-order valence-electron chi connectivity index (χ0n) is 8.93. The average Bonchev–Trinajstić information content (AvgIpc) is 1.82. The van der Waals surface area contributed by atoms with Gasteiger partial charge in [-0.3, -0.25) is 9.59 Å². The summed E-state index contributed by atoms with van der Waals surface area (Å²) < 4.78 is 0. The summed E-state index contributed by atoms with van der Waals surface area (Å²) in [5.41, 5.74) is -2.74. The minimum absolute atomic E-state index is 0. The van der Waals surface area contributed by atoms with Gasteiger partial charge in [-0.25, -0.2) is 4.79 Å². The molecule has 0 aliphatic carbocycles. The first-order valence-electron chi connectivity index (χ1n) is 3.17. The SMILES string of the molecule is O.O.O.O.O.O=C(O)CC(O)(CC(=O)O)C(=O)O.[LiH]. The van der Waals surface area contributed by atoms with Gasteiger partial charge in [0, 0.05) is 0 Å². The van der Waals surface area contributed by atoms with Gasteiger partial charge < -0.3 is 47.8 Å². The Balaban J connectivity index is -0.0000000480. The van der Waals surface area contributed by atoms with Gasteiger partial charge in [0.1, 0.15) is 0 Å². The molecule has 0 radical (unpaired) electrons. The second kappa shape index (κ2) is 16.8. The Bertz CT molecular complexity index is 237. The van der Waals surface area contributed by atoms with Crippen molar-refractivity contribution in [1.29, 1.82) is 0 Å². The predicted molar refractivity (Wildman–Crippen MR) is 62.3 cm³/mol. The van der Waals surface area contributed by atoms with Crippen molar-refractivity contribution in [3.05, 3.63) is 0 Å². The summed E-state index contributed by atoms with van der Waals surface area (Å²) in [5, 5.41) is 33.8. The van der Waals surface area contributed by atoms with Gasteiger partial charge in [0.15, 0.2) is 5.60 Å². The second-order valence-electron chi connectivity index (χ2n) is 2.48. The van der Waals surface area contributed by atoms with Crippen LogP contribution in [-0.2, 0) is 14.4 Å². The van der Waals surface area contributed by atoms with Crippen LogP contribution in [0.5, 0.6) is 0 Å². The Morgan fingerprint density at radius 1 is 0.737 bits per heavy atom. The maximum absolute atomic E-state index is 10.3. The Hall–Kier alpha value is -1.23. The van der Waals surface area contributed by atoms with E-state index >= 15 is 0 Å². The van der Waals surface area contributed by atoms with Crippen LogP contribution in [0.1, 0.15) is 12.8 Å². The van der Waals surface area contributed by atoms with E-state index in [1.165, 1.54) is 0 Å². The fraction of sp³-hybridized carbons (Fsp3) is 0.500. The molecule has 0 atom stereocenters. The van der Waals surface area contributed by atoms with Crippen LogP contribution in [0.2, 0.25) is 0 Å². The summed E-state index contributed by atoms with van der Waals surface area (Å²) in [6.45, 7) is 0. The summed E-state index contributed by atoms with van der Waals surface area (Å²) in [7, 11) is 0. The van der Waals surface area contributed by atoms with Gasteiger partial charge in [0.25, 0.3) is 0 Å². The van der Waals surface area contributed by atoms with E-state index in [0.717, 1.165) is 0 Å². The van der Waals surface area contributed by atoms with Crippen LogP contribution in [0.3, 0.4) is 0 Å². The molecule has 14 N–H and O–H groups in total. The van der Waals surface area contributed by atoms with Gasteiger partial charge in [-0.05, 0) is 0 Å². The number of hydrogen-bond acceptors (Lipinski definition) is 4. The van der Waals surface area contributed by atoms with Crippen molar-refractivity contribution < 1.29 is 62.2 Å². The topological polar surface area (TPSA) is 290 Å². The van der Waals surface area contributed by atoms with E-state index in [1.807, 2.05) is 0 Å². The standard InChI is InChI=1S/C6H8O7.Li.5H2O.H/c7-3(8)1-6(13,5(11)12)2-4(9)10;;;;;;;/h13H,1-2H2,(H,7,8)(H,9,10)(H,11,12);;5*1H2;. The van der Waals surface area contributed by atoms with Crippen LogP contribution in [0.4, 0.5) is 0 Å². The molecule has 0 unspecified atom stereocenters. The van der Waals surface area contributed by atoms with E-state index in [2.05, 4.69) is 0 Å². The van der Waals surface area contributed by atoms with Crippen molar-refractivity contribution in [2.75, 3.05) is 0 Å². The van der Waals surface area contributed by atoms with Crippen molar-refractivity contribution in [2.45, 2.75) is 18.4 Å². The first kappa shape index (κ1) is 43.1. The monoisotopic (exact) mass is 290 g/mol. The molecule has 0 fully saturated rings. The molecule has 0 aromatic carbocycles. The van der Waals surface area contributed by atoms with E-state index in [-0.39, 0.29) is 46.2 Å². The predicted octanol–water partition coefficient (Wildman–Crippen LogP) is -6.02. The van der Waals surface area contributed by atoms with Crippen LogP contribution in [0.15, 0.2) is 0 Å². The van der Waals surface area contributed by atoms with E-state index in [0.29, 0.717) is 0 Å². The van der Waals surface area contributed by atoms with E-state index in [1.54, 1.807) is 0 Å². The normalized spacial score (nSPS) is 7.42. The van der Waals surface area contributed by atoms with E-state index in [4.69, 9.17) is 20.4 Å². The number of aliphatic carboxylic acids is 3. The number of carbonyl (C=O) groups is 3.